The van der Waals surface area contributed by atoms with E-state index in [9.17, 15) is 4.79 Å². The van der Waals surface area contributed by atoms with Gasteiger partial charge in [-0.1, -0.05) is 20.4 Å². The molecule has 0 amide bonds. The molecular weight excluding hydrogens is 208 g/mol. The predicted octanol–water partition coefficient (Wildman–Crippen LogP) is 2.04. The molecule has 1 aliphatic rings. The molecule has 0 saturated carbocycles. The molecule has 0 aromatic rings. The average Bonchev–Trinajstić information content (AvgIpc) is 2.70. The highest BCUT2D eigenvalue weighted by Crippen LogP contribution is 2.30. The summed E-state index contributed by atoms with van der Waals surface area (Å²) in [6.45, 7) is 9.88. The van der Waals surface area contributed by atoms with Gasteiger partial charge in [-0.25, -0.2) is 4.79 Å². The summed E-state index contributed by atoms with van der Waals surface area (Å²) in [4.78, 5) is 11.2. The van der Waals surface area contributed by atoms with E-state index in [1.165, 1.54) is 0 Å². The Morgan fingerprint density at radius 1 is 1.50 bits per heavy atom. The first-order valence-corrected chi connectivity index (χ1v) is 5.67. The number of carbonyl (C=O) groups is 1. The van der Waals surface area contributed by atoms with E-state index >= 15 is 0 Å². The highest BCUT2D eigenvalue weighted by molar-refractivity contribution is 5.86. The summed E-state index contributed by atoms with van der Waals surface area (Å²) in [6, 6.07) is 0. The van der Waals surface area contributed by atoms with Crippen molar-refractivity contribution in [2.45, 2.75) is 45.5 Å². The minimum atomic E-state index is -0.486. The number of carbonyl (C=O) groups excluding carboxylic acids is 1. The van der Waals surface area contributed by atoms with Crippen molar-refractivity contribution in [2.75, 3.05) is 13.2 Å². The molecule has 0 spiro atoms. The Morgan fingerprint density at radius 3 is 2.56 bits per heavy atom. The van der Waals surface area contributed by atoms with Crippen molar-refractivity contribution in [1.82, 2.24) is 0 Å². The van der Waals surface area contributed by atoms with E-state index in [-0.39, 0.29) is 18.7 Å². The Hall–Kier alpha value is -0.870. The van der Waals surface area contributed by atoms with Crippen LogP contribution >= 0.6 is 0 Å². The molecular formula is C12H20O4. The first-order chi connectivity index (χ1) is 7.53. The van der Waals surface area contributed by atoms with Crippen LogP contribution in [0.15, 0.2) is 12.2 Å². The zero-order valence-electron chi connectivity index (χ0n) is 10.2. The molecule has 1 aliphatic heterocycles. The van der Waals surface area contributed by atoms with Crippen molar-refractivity contribution in [1.29, 1.82) is 0 Å². The largest absolute Gasteiger partial charge is 0.459 e. The van der Waals surface area contributed by atoms with Gasteiger partial charge in [-0.15, -0.1) is 0 Å². The van der Waals surface area contributed by atoms with E-state index in [0.717, 1.165) is 12.8 Å². The van der Waals surface area contributed by atoms with Crippen molar-refractivity contribution in [3.63, 3.8) is 0 Å². The summed E-state index contributed by atoms with van der Waals surface area (Å²) >= 11 is 0. The molecule has 92 valence electrons. The van der Waals surface area contributed by atoms with Gasteiger partial charge in [-0.05, 0) is 19.8 Å². The molecule has 1 fully saturated rings. The van der Waals surface area contributed by atoms with Crippen LogP contribution in [0.1, 0.15) is 33.6 Å². The molecule has 1 atom stereocenters. The minimum Gasteiger partial charge on any atom is -0.459 e. The second-order valence-corrected chi connectivity index (χ2v) is 4.05. The van der Waals surface area contributed by atoms with E-state index in [2.05, 4.69) is 6.58 Å². The number of rotatable bonds is 5. The third kappa shape index (κ3) is 3.06. The smallest absolute Gasteiger partial charge is 0.333 e. The maximum absolute atomic E-state index is 11.2. The lowest BCUT2D eigenvalue weighted by Crippen LogP contribution is -2.30. The third-order valence-corrected chi connectivity index (χ3v) is 2.74. The van der Waals surface area contributed by atoms with E-state index in [0.29, 0.717) is 12.2 Å². The summed E-state index contributed by atoms with van der Waals surface area (Å²) in [5.41, 5.74) is 0.399. The molecule has 0 aromatic heterocycles. The van der Waals surface area contributed by atoms with Crippen LogP contribution in [0, 0.1) is 0 Å². The van der Waals surface area contributed by atoms with Gasteiger partial charge in [0, 0.05) is 5.57 Å². The fourth-order valence-electron chi connectivity index (χ4n) is 1.61. The van der Waals surface area contributed by atoms with Gasteiger partial charge in [0.2, 0.25) is 0 Å². The highest BCUT2D eigenvalue weighted by Gasteiger charge is 2.38. The van der Waals surface area contributed by atoms with Crippen molar-refractivity contribution in [3.05, 3.63) is 12.2 Å². The molecule has 0 N–H and O–H groups in total. The van der Waals surface area contributed by atoms with Gasteiger partial charge in [-0.3, -0.25) is 0 Å². The minimum absolute atomic E-state index is 0.164. The number of esters is 1. The second kappa shape index (κ2) is 5.46. The van der Waals surface area contributed by atoms with Crippen LogP contribution in [-0.2, 0) is 19.0 Å². The molecule has 1 heterocycles. The van der Waals surface area contributed by atoms with Crippen molar-refractivity contribution in [2.24, 2.45) is 0 Å². The van der Waals surface area contributed by atoms with Crippen molar-refractivity contribution < 1.29 is 19.0 Å². The lowest BCUT2D eigenvalue weighted by Gasteiger charge is -2.24. The molecule has 1 rings (SSSR count). The predicted molar refractivity (Wildman–Crippen MR) is 59.9 cm³/mol. The van der Waals surface area contributed by atoms with Crippen LogP contribution < -0.4 is 0 Å². The average molecular weight is 228 g/mol. The summed E-state index contributed by atoms with van der Waals surface area (Å²) in [5, 5.41) is 0. The molecule has 0 radical (unpaired) electrons. The quantitative estimate of drug-likeness (QED) is 0.533. The number of hydrogen-bond acceptors (Lipinski definition) is 4. The SMILES string of the molecule is C=C(C)C(=O)OCC1COC(CC)(CC)O1. The van der Waals surface area contributed by atoms with E-state index in [1.807, 2.05) is 13.8 Å². The van der Waals surface area contributed by atoms with Gasteiger partial charge >= 0.3 is 5.97 Å². The number of hydrogen-bond donors (Lipinski definition) is 0. The van der Waals surface area contributed by atoms with Gasteiger partial charge in [0.1, 0.15) is 12.7 Å². The first kappa shape index (κ1) is 13.2. The normalized spacial score (nSPS) is 23.1. The lowest BCUT2D eigenvalue weighted by atomic mass is 10.1. The summed E-state index contributed by atoms with van der Waals surface area (Å²) in [7, 11) is 0. The van der Waals surface area contributed by atoms with Crippen LogP contribution in [0.5, 0.6) is 0 Å². The van der Waals surface area contributed by atoms with Gasteiger partial charge in [0.25, 0.3) is 0 Å². The highest BCUT2D eigenvalue weighted by atomic mass is 16.8. The zero-order valence-corrected chi connectivity index (χ0v) is 10.2. The Bertz CT molecular complexity index is 268. The Morgan fingerprint density at radius 2 is 2.12 bits per heavy atom. The second-order valence-electron chi connectivity index (χ2n) is 4.05. The van der Waals surface area contributed by atoms with Gasteiger partial charge < -0.3 is 14.2 Å². The standard InChI is InChI=1S/C12H20O4/c1-5-12(6-2)15-8-10(16-12)7-14-11(13)9(3)4/h10H,3,5-8H2,1-2,4H3. The molecule has 4 heteroatoms. The van der Waals surface area contributed by atoms with Crippen LogP contribution in [0.25, 0.3) is 0 Å². The third-order valence-electron chi connectivity index (χ3n) is 2.74. The fourth-order valence-corrected chi connectivity index (χ4v) is 1.61. The summed E-state index contributed by atoms with van der Waals surface area (Å²) in [5.74, 6) is -0.866. The molecule has 0 bridgehead atoms. The molecule has 0 aromatic carbocycles. The zero-order chi connectivity index (χ0) is 12.2. The monoisotopic (exact) mass is 228 g/mol. The van der Waals surface area contributed by atoms with Gasteiger partial charge in [-0.2, -0.15) is 0 Å². The summed E-state index contributed by atoms with van der Waals surface area (Å²) in [6.07, 6.45) is 1.44. The van der Waals surface area contributed by atoms with E-state index < -0.39 is 5.79 Å². The molecule has 16 heavy (non-hydrogen) atoms. The topological polar surface area (TPSA) is 44.8 Å². The van der Waals surface area contributed by atoms with Crippen LogP contribution in [-0.4, -0.2) is 31.1 Å². The van der Waals surface area contributed by atoms with E-state index in [4.69, 9.17) is 14.2 Å². The summed E-state index contributed by atoms with van der Waals surface area (Å²) < 4.78 is 16.4. The fraction of sp³-hybridized carbons (Fsp3) is 0.750. The van der Waals surface area contributed by atoms with Crippen LogP contribution in [0.4, 0.5) is 0 Å². The van der Waals surface area contributed by atoms with Crippen molar-refractivity contribution >= 4 is 5.97 Å². The van der Waals surface area contributed by atoms with Crippen LogP contribution in [0.3, 0.4) is 0 Å². The Kier molecular flexibility index (Phi) is 4.50. The molecule has 1 unspecified atom stereocenters. The van der Waals surface area contributed by atoms with Crippen LogP contribution in [0.2, 0.25) is 0 Å². The maximum atomic E-state index is 11.2. The Labute approximate surface area is 96.6 Å². The van der Waals surface area contributed by atoms with Gasteiger partial charge in [0.05, 0.1) is 6.61 Å². The molecule has 1 saturated heterocycles. The van der Waals surface area contributed by atoms with Crippen molar-refractivity contribution in [3.8, 4) is 0 Å². The Balaban J connectivity index is 2.37. The number of ether oxygens (including phenoxy) is 3. The van der Waals surface area contributed by atoms with Gasteiger partial charge in [0.15, 0.2) is 5.79 Å². The molecule has 0 aliphatic carbocycles. The van der Waals surface area contributed by atoms with E-state index in [1.54, 1.807) is 6.92 Å². The first-order valence-electron chi connectivity index (χ1n) is 5.67. The lowest BCUT2D eigenvalue weighted by molar-refractivity contribution is -0.178. The maximum Gasteiger partial charge on any atom is 0.333 e. The molecule has 4 nitrogen and oxygen atoms in total.